The predicted octanol–water partition coefficient (Wildman–Crippen LogP) is 1.75. The highest BCUT2D eigenvalue weighted by Gasteiger charge is 2.16. The summed E-state index contributed by atoms with van der Waals surface area (Å²) < 4.78 is 28.1. The molecule has 17 heavy (non-hydrogen) atoms. The van der Waals surface area contributed by atoms with E-state index in [-0.39, 0.29) is 23.0 Å². The van der Waals surface area contributed by atoms with Gasteiger partial charge in [0.1, 0.15) is 0 Å². The lowest BCUT2D eigenvalue weighted by molar-refractivity contribution is 0.0696. The van der Waals surface area contributed by atoms with E-state index in [1.54, 1.807) is 0 Å². The maximum absolute atomic E-state index is 11.6. The van der Waals surface area contributed by atoms with Crippen molar-refractivity contribution in [2.45, 2.75) is 18.7 Å². The second-order valence-corrected chi connectivity index (χ2v) is 5.58. The first-order valence-corrected chi connectivity index (χ1v) is 6.46. The Balaban J connectivity index is 2.89. The van der Waals surface area contributed by atoms with Gasteiger partial charge in [-0.2, -0.15) is 8.42 Å². The summed E-state index contributed by atoms with van der Waals surface area (Å²) >= 11 is 0. The Hall–Kier alpha value is -1.40. The Bertz CT molecular complexity index is 487. The molecule has 0 aromatic heterocycles. The van der Waals surface area contributed by atoms with E-state index in [4.69, 9.17) is 9.29 Å². The number of carboxylic acid groups (broad SMARTS) is 1. The van der Waals surface area contributed by atoms with Gasteiger partial charge in [0.05, 0.1) is 17.1 Å². The van der Waals surface area contributed by atoms with Gasteiger partial charge < -0.3 is 5.11 Å². The van der Waals surface area contributed by atoms with Crippen LogP contribution in [0.1, 0.15) is 24.2 Å². The van der Waals surface area contributed by atoms with Gasteiger partial charge in [-0.15, -0.1) is 0 Å². The number of aromatic carboxylic acids is 1. The van der Waals surface area contributed by atoms with Gasteiger partial charge >= 0.3 is 5.97 Å². The van der Waals surface area contributed by atoms with Gasteiger partial charge in [0.2, 0.25) is 0 Å². The standard InChI is InChI=1S/C11H14O5S/c1-8(2)7-16-17(14,15)10-5-3-9(4-6-10)11(12)13/h3-6,8H,7H2,1-2H3,(H,12,13). The number of benzene rings is 1. The lowest BCUT2D eigenvalue weighted by atomic mass is 10.2. The largest absolute Gasteiger partial charge is 0.478 e. The molecule has 0 bridgehead atoms. The van der Waals surface area contributed by atoms with Crippen molar-refractivity contribution in [2.75, 3.05) is 6.61 Å². The number of carboxylic acids is 1. The minimum Gasteiger partial charge on any atom is -0.478 e. The van der Waals surface area contributed by atoms with Gasteiger partial charge in [-0.05, 0) is 30.2 Å². The smallest absolute Gasteiger partial charge is 0.335 e. The van der Waals surface area contributed by atoms with Crippen molar-refractivity contribution in [3.63, 3.8) is 0 Å². The van der Waals surface area contributed by atoms with Crippen LogP contribution in [0.5, 0.6) is 0 Å². The summed E-state index contributed by atoms with van der Waals surface area (Å²) in [6, 6.07) is 4.90. The molecule has 0 aliphatic carbocycles. The third-order valence-electron chi connectivity index (χ3n) is 1.95. The Kier molecular flexibility index (Phi) is 4.25. The fourth-order valence-electron chi connectivity index (χ4n) is 1.06. The molecule has 6 heteroatoms. The topological polar surface area (TPSA) is 80.7 Å². The summed E-state index contributed by atoms with van der Waals surface area (Å²) in [5.74, 6) is -1.000. The molecule has 0 radical (unpaired) electrons. The second-order valence-electron chi connectivity index (χ2n) is 3.96. The average molecular weight is 258 g/mol. The van der Waals surface area contributed by atoms with Crippen LogP contribution >= 0.6 is 0 Å². The summed E-state index contributed by atoms with van der Waals surface area (Å²) in [7, 11) is -3.79. The monoisotopic (exact) mass is 258 g/mol. The van der Waals surface area contributed by atoms with Crippen molar-refractivity contribution in [1.82, 2.24) is 0 Å². The first-order valence-electron chi connectivity index (χ1n) is 5.05. The number of carbonyl (C=O) groups is 1. The number of rotatable bonds is 5. The van der Waals surface area contributed by atoms with E-state index in [2.05, 4.69) is 0 Å². The van der Waals surface area contributed by atoms with Crippen LogP contribution in [0.2, 0.25) is 0 Å². The number of hydrogen-bond donors (Lipinski definition) is 1. The van der Waals surface area contributed by atoms with Crippen molar-refractivity contribution < 1.29 is 22.5 Å². The Morgan fingerprint density at radius 1 is 1.29 bits per heavy atom. The van der Waals surface area contributed by atoms with Crippen molar-refractivity contribution >= 4 is 16.1 Å². The summed E-state index contributed by atoms with van der Waals surface area (Å²) in [4.78, 5) is 10.6. The molecule has 0 fully saturated rings. The van der Waals surface area contributed by atoms with E-state index in [1.807, 2.05) is 13.8 Å². The van der Waals surface area contributed by atoms with Crippen LogP contribution in [0.3, 0.4) is 0 Å². The molecule has 0 saturated heterocycles. The van der Waals surface area contributed by atoms with Gasteiger partial charge in [0, 0.05) is 0 Å². The van der Waals surface area contributed by atoms with E-state index in [0.29, 0.717) is 0 Å². The molecule has 0 amide bonds. The van der Waals surface area contributed by atoms with Crippen molar-refractivity contribution in [1.29, 1.82) is 0 Å². The average Bonchev–Trinajstić information content (AvgIpc) is 2.27. The highest BCUT2D eigenvalue weighted by molar-refractivity contribution is 7.86. The van der Waals surface area contributed by atoms with E-state index in [1.165, 1.54) is 24.3 Å². The zero-order chi connectivity index (χ0) is 13.1. The van der Waals surface area contributed by atoms with Gasteiger partial charge in [-0.1, -0.05) is 13.8 Å². The Morgan fingerprint density at radius 3 is 2.24 bits per heavy atom. The SMILES string of the molecule is CC(C)COS(=O)(=O)c1ccc(C(=O)O)cc1. The maximum Gasteiger partial charge on any atom is 0.335 e. The summed E-state index contributed by atoms with van der Waals surface area (Å²) in [6.07, 6.45) is 0. The molecule has 0 spiro atoms. The molecule has 0 aliphatic rings. The normalized spacial score (nSPS) is 11.7. The van der Waals surface area contributed by atoms with Gasteiger partial charge in [0.25, 0.3) is 10.1 Å². The molecule has 0 saturated carbocycles. The van der Waals surface area contributed by atoms with Crippen LogP contribution in [0.25, 0.3) is 0 Å². The highest BCUT2D eigenvalue weighted by atomic mass is 32.2. The first-order chi connectivity index (χ1) is 7.83. The van der Waals surface area contributed by atoms with E-state index in [0.717, 1.165) is 0 Å². The second kappa shape index (κ2) is 5.29. The zero-order valence-electron chi connectivity index (χ0n) is 9.58. The molecule has 0 unspecified atom stereocenters. The van der Waals surface area contributed by atoms with E-state index >= 15 is 0 Å². The third-order valence-corrected chi connectivity index (χ3v) is 3.24. The van der Waals surface area contributed by atoms with Gasteiger partial charge in [-0.25, -0.2) is 4.79 Å². The molecule has 0 aliphatic heterocycles. The number of hydrogen-bond acceptors (Lipinski definition) is 4. The van der Waals surface area contributed by atoms with Crippen molar-refractivity contribution in [2.24, 2.45) is 5.92 Å². The van der Waals surface area contributed by atoms with Crippen LogP contribution < -0.4 is 0 Å². The fourth-order valence-corrected chi connectivity index (χ4v) is 2.11. The zero-order valence-corrected chi connectivity index (χ0v) is 10.4. The van der Waals surface area contributed by atoms with Gasteiger partial charge in [-0.3, -0.25) is 4.18 Å². The summed E-state index contributed by atoms with van der Waals surface area (Å²) in [6.45, 7) is 3.77. The fraction of sp³-hybridized carbons (Fsp3) is 0.364. The van der Waals surface area contributed by atoms with Crippen LogP contribution in [-0.2, 0) is 14.3 Å². The minimum absolute atomic E-state index is 0.0350. The predicted molar refractivity (Wildman–Crippen MR) is 61.4 cm³/mol. The summed E-state index contributed by atoms with van der Waals surface area (Å²) in [5, 5.41) is 8.67. The molecule has 5 nitrogen and oxygen atoms in total. The Morgan fingerprint density at radius 2 is 1.82 bits per heavy atom. The minimum atomic E-state index is -3.79. The molecule has 1 aromatic carbocycles. The molecular weight excluding hydrogens is 244 g/mol. The molecule has 0 heterocycles. The van der Waals surface area contributed by atoms with Gasteiger partial charge in [0.15, 0.2) is 0 Å². The van der Waals surface area contributed by atoms with E-state index in [9.17, 15) is 13.2 Å². The Labute approximate surface area is 100 Å². The molecule has 1 rings (SSSR count). The highest BCUT2D eigenvalue weighted by Crippen LogP contribution is 2.14. The van der Waals surface area contributed by atoms with Crippen LogP contribution in [0, 0.1) is 5.92 Å². The van der Waals surface area contributed by atoms with Crippen LogP contribution in [0.4, 0.5) is 0 Å². The molecule has 94 valence electrons. The lowest BCUT2D eigenvalue weighted by Gasteiger charge is -2.07. The summed E-state index contributed by atoms with van der Waals surface area (Å²) in [5.41, 5.74) is 0.0350. The molecule has 1 aromatic rings. The quantitative estimate of drug-likeness (QED) is 0.814. The van der Waals surface area contributed by atoms with Crippen molar-refractivity contribution in [3.05, 3.63) is 29.8 Å². The maximum atomic E-state index is 11.6. The first kappa shape index (κ1) is 13.7. The van der Waals surface area contributed by atoms with E-state index < -0.39 is 16.1 Å². The lowest BCUT2D eigenvalue weighted by Crippen LogP contribution is -2.11. The van der Waals surface area contributed by atoms with Crippen LogP contribution in [0.15, 0.2) is 29.2 Å². The third kappa shape index (κ3) is 3.83. The van der Waals surface area contributed by atoms with Crippen molar-refractivity contribution in [3.8, 4) is 0 Å². The molecule has 0 atom stereocenters. The van der Waals surface area contributed by atoms with Crippen LogP contribution in [-0.4, -0.2) is 26.1 Å². The molecule has 1 N–H and O–H groups in total. The molecular formula is C11H14O5S.